The van der Waals surface area contributed by atoms with Crippen molar-refractivity contribution in [1.29, 1.82) is 0 Å². The summed E-state index contributed by atoms with van der Waals surface area (Å²) in [4.78, 5) is 34.0. The minimum absolute atomic E-state index is 0.0402. The van der Waals surface area contributed by atoms with Crippen molar-refractivity contribution >= 4 is 22.6 Å². The summed E-state index contributed by atoms with van der Waals surface area (Å²) in [6, 6.07) is 3.57. The third kappa shape index (κ3) is 2.80. The number of amides is 1. The number of nitrogens with zero attached hydrogens (tertiary/aromatic N) is 1. The van der Waals surface area contributed by atoms with Crippen molar-refractivity contribution in [3.05, 3.63) is 57.0 Å². The Morgan fingerprint density at radius 1 is 1.50 bits per heavy atom. The van der Waals surface area contributed by atoms with Crippen LogP contribution < -0.4 is 15.7 Å². The zero-order valence-corrected chi connectivity index (χ0v) is 11.6. The molecule has 0 saturated heterocycles. The number of nitrogens with one attached hydrogen (secondary N) is 1. The number of nitro groups is 1. The van der Waals surface area contributed by atoms with Crippen molar-refractivity contribution in [1.82, 2.24) is 5.32 Å². The molecular formula is C14H12N2O6. The maximum atomic E-state index is 11.9. The second kappa shape index (κ2) is 6.08. The first-order valence-corrected chi connectivity index (χ1v) is 6.17. The quantitative estimate of drug-likeness (QED) is 0.389. The van der Waals surface area contributed by atoms with E-state index in [1.165, 1.54) is 25.3 Å². The molecule has 1 heterocycles. The lowest BCUT2D eigenvalue weighted by atomic mass is 10.1. The van der Waals surface area contributed by atoms with E-state index in [-0.39, 0.29) is 34.5 Å². The van der Waals surface area contributed by atoms with Crippen molar-refractivity contribution in [3.8, 4) is 5.75 Å². The second-order valence-corrected chi connectivity index (χ2v) is 4.27. The first kappa shape index (κ1) is 15.2. The molecule has 0 bridgehead atoms. The summed E-state index contributed by atoms with van der Waals surface area (Å²) in [5.74, 6) is -0.611. The fourth-order valence-corrected chi connectivity index (χ4v) is 1.86. The standard InChI is InChI=1S/C14H12N2O6/c1-3-4-15-13(17)10-6-8-5-9(16(19)20)7-11(21-2)12(8)22-14(10)18/h3,5-7H,1,4H2,2H3,(H,15,17). The summed E-state index contributed by atoms with van der Waals surface area (Å²) in [5.41, 5.74) is -1.31. The van der Waals surface area contributed by atoms with E-state index in [1.807, 2.05) is 0 Å². The molecule has 8 nitrogen and oxygen atoms in total. The summed E-state index contributed by atoms with van der Waals surface area (Å²) < 4.78 is 10.0. The predicted molar refractivity (Wildman–Crippen MR) is 78.2 cm³/mol. The van der Waals surface area contributed by atoms with E-state index >= 15 is 0 Å². The summed E-state index contributed by atoms with van der Waals surface area (Å²) in [6.07, 6.45) is 1.45. The number of benzene rings is 1. The summed E-state index contributed by atoms with van der Waals surface area (Å²) in [6.45, 7) is 3.62. The van der Waals surface area contributed by atoms with Gasteiger partial charge in [0.15, 0.2) is 11.3 Å². The Labute approximate surface area is 124 Å². The van der Waals surface area contributed by atoms with Gasteiger partial charge in [-0.1, -0.05) is 6.08 Å². The first-order chi connectivity index (χ1) is 10.5. The largest absolute Gasteiger partial charge is 0.493 e. The maximum absolute atomic E-state index is 11.9. The highest BCUT2D eigenvalue weighted by Crippen LogP contribution is 2.30. The van der Waals surface area contributed by atoms with Gasteiger partial charge in [0.2, 0.25) is 0 Å². The van der Waals surface area contributed by atoms with E-state index < -0.39 is 16.5 Å². The Balaban J connectivity index is 2.65. The number of nitro benzene ring substituents is 1. The van der Waals surface area contributed by atoms with Gasteiger partial charge >= 0.3 is 5.63 Å². The Bertz CT molecular complexity index is 824. The van der Waals surface area contributed by atoms with Gasteiger partial charge in [-0.3, -0.25) is 14.9 Å². The molecule has 0 fully saturated rings. The summed E-state index contributed by atoms with van der Waals surface area (Å²) in [5, 5.41) is 13.6. The van der Waals surface area contributed by atoms with Crippen LogP contribution in [0.3, 0.4) is 0 Å². The van der Waals surface area contributed by atoms with Crippen LogP contribution in [0, 0.1) is 10.1 Å². The number of non-ortho nitro benzene ring substituents is 1. The molecule has 1 aromatic carbocycles. The number of hydrogen-bond donors (Lipinski definition) is 1. The van der Waals surface area contributed by atoms with Crippen LogP contribution in [0.4, 0.5) is 5.69 Å². The number of carbonyl (C=O) groups is 1. The minimum atomic E-state index is -0.860. The Kier molecular flexibility index (Phi) is 4.21. The molecule has 2 rings (SSSR count). The first-order valence-electron chi connectivity index (χ1n) is 6.17. The third-order valence-corrected chi connectivity index (χ3v) is 2.87. The second-order valence-electron chi connectivity index (χ2n) is 4.27. The molecule has 8 heteroatoms. The molecular weight excluding hydrogens is 292 g/mol. The maximum Gasteiger partial charge on any atom is 0.349 e. The summed E-state index contributed by atoms with van der Waals surface area (Å²) >= 11 is 0. The molecule has 1 aromatic heterocycles. The molecule has 0 aliphatic carbocycles. The number of methoxy groups -OCH3 is 1. The van der Waals surface area contributed by atoms with Gasteiger partial charge in [0.05, 0.1) is 18.1 Å². The topological polar surface area (TPSA) is 112 Å². The van der Waals surface area contributed by atoms with E-state index in [2.05, 4.69) is 11.9 Å². The number of fused-ring (bicyclic) bond motifs is 1. The van der Waals surface area contributed by atoms with Gasteiger partial charge in [-0.15, -0.1) is 6.58 Å². The molecule has 0 aliphatic rings. The van der Waals surface area contributed by atoms with E-state index in [0.717, 1.165) is 6.07 Å². The molecule has 0 atom stereocenters. The lowest BCUT2D eigenvalue weighted by Crippen LogP contribution is -2.28. The summed E-state index contributed by atoms with van der Waals surface area (Å²) in [7, 11) is 1.29. The molecule has 0 spiro atoms. The van der Waals surface area contributed by atoms with Gasteiger partial charge in [0.1, 0.15) is 5.56 Å². The minimum Gasteiger partial charge on any atom is -0.493 e. The number of rotatable bonds is 5. The zero-order valence-electron chi connectivity index (χ0n) is 11.6. The van der Waals surface area contributed by atoms with Crippen molar-refractivity contribution in [2.75, 3.05) is 13.7 Å². The van der Waals surface area contributed by atoms with Crippen LogP contribution in [-0.2, 0) is 0 Å². The fraction of sp³-hybridized carbons (Fsp3) is 0.143. The molecule has 2 aromatic rings. The molecule has 0 radical (unpaired) electrons. The van der Waals surface area contributed by atoms with Crippen LogP contribution in [0.1, 0.15) is 10.4 Å². The van der Waals surface area contributed by atoms with Crippen LogP contribution in [-0.4, -0.2) is 24.5 Å². The molecule has 1 amide bonds. The molecule has 1 N–H and O–H groups in total. The van der Waals surface area contributed by atoms with E-state index in [4.69, 9.17) is 9.15 Å². The van der Waals surface area contributed by atoms with E-state index in [9.17, 15) is 19.7 Å². The average Bonchev–Trinajstić information content (AvgIpc) is 2.50. The van der Waals surface area contributed by atoms with Crippen LogP contribution >= 0.6 is 0 Å². The van der Waals surface area contributed by atoms with Gasteiger partial charge in [0.25, 0.3) is 11.6 Å². The Morgan fingerprint density at radius 2 is 2.23 bits per heavy atom. The number of ether oxygens (including phenoxy) is 1. The molecule has 114 valence electrons. The molecule has 0 unspecified atom stereocenters. The van der Waals surface area contributed by atoms with Gasteiger partial charge in [-0.25, -0.2) is 4.79 Å². The van der Waals surface area contributed by atoms with Crippen LogP contribution in [0.2, 0.25) is 0 Å². The van der Waals surface area contributed by atoms with Gasteiger partial charge in [-0.2, -0.15) is 0 Å². The van der Waals surface area contributed by atoms with E-state index in [0.29, 0.717) is 0 Å². The highest BCUT2D eigenvalue weighted by Gasteiger charge is 2.18. The van der Waals surface area contributed by atoms with Crippen LogP contribution in [0.25, 0.3) is 11.0 Å². The van der Waals surface area contributed by atoms with E-state index in [1.54, 1.807) is 0 Å². The van der Waals surface area contributed by atoms with Gasteiger partial charge in [0, 0.05) is 18.0 Å². The number of hydrogen-bond acceptors (Lipinski definition) is 6. The molecule has 0 aliphatic heterocycles. The lowest BCUT2D eigenvalue weighted by molar-refractivity contribution is -0.384. The monoisotopic (exact) mass is 304 g/mol. The SMILES string of the molecule is C=CCNC(=O)c1cc2cc([N+](=O)[O-])cc(OC)c2oc1=O. The van der Waals surface area contributed by atoms with Gasteiger partial charge < -0.3 is 14.5 Å². The Morgan fingerprint density at radius 3 is 2.82 bits per heavy atom. The highest BCUT2D eigenvalue weighted by atomic mass is 16.6. The van der Waals surface area contributed by atoms with Crippen molar-refractivity contribution < 1.29 is 18.9 Å². The normalized spacial score (nSPS) is 10.2. The van der Waals surface area contributed by atoms with Crippen molar-refractivity contribution in [2.24, 2.45) is 0 Å². The smallest absolute Gasteiger partial charge is 0.349 e. The zero-order chi connectivity index (χ0) is 16.3. The third-order valence-electron chi connectivity index (χ3n) is 2.87. The molecule has 22 heavy (non-hydrogen) atoms. The van der Waals surface area contributed by atoms with Crippen molar-refractivity contribution in [2.45, 2.75) is 0 Å². The average molecular weight is 304 g/mol. The van der Waals surface area contributed by atoms with Gasteiger partial charge in [-0.05, 0) is 6.07 Å². The predicted octanol–water partition coefficient (Wildman–Crippen LogP) is 1.63. The van der Waals surface area contributed by atoms with Crippen molar-refractivity contribution in [3.63, 3.8) is 0 Å². The lowest BCUT2D eigenvalue weighted by Gasteiger charge is -2.06. The number of carbonyl (C=O) groups excluding carboxylic acids is 1. The Hall–Kier alpha value is -3.16. The highest BCUT2D eigenvalue weighted by molar-refractivity contribution is 5.97. The molecule has 0 saturated carbocycles. The van der Waals surface area contributed by atoms with Crippen LogP contribution in [0.5, 0.6) is 5.75 Å². The fourth-order valence-electron chi connectivity index (χ4n) is 1.86. The van der Waals surface area contributed by atoms with Crippen LogP contribution in [0.15, 0.2) is 40.1 Å².